The van der Waals surface area contributed by atoms with Crippen molar-refractivity contribution in [3.05, 3.63) is 52.5 Å². The molecule has 1 amide bonds. The lowest BCUT2D eigenvalue weighted by molar-refractivity contribution is -0.122. The molecule has 2 aromatic rings. The molecule has 1 atom stereocenters. The standard InChI is InChI=1S/C18H20Cl2N2O4S/c1-11(2)22-27(24,25)15-7-5-14(6-8-15)21-18(23)12(3)26-17-10-13(19)4-9-16(17)20/h4-12,22H,1-3H3,(H,21,23). The number of halogens is 2. The van der Waals surface area contributed by atoms with Crippen molar-refractivity contribution in [3.8, 4) is 5.75 Å². The van der Waals surface area contributed by atoms with Crippen molar-refractivity contribution in [3.63, 3.8) is 0 Å². The Morgan fingerprint density at radius 3 is 2.26 bits per heavy atom. The van der Waals surface area contributed by atoms with Crippen LogP contribution in [-0.4, -0.2) is 26.5 Å². The summed E-state index contributed by atoms with van der Waals surface area (Å²) in [6.07, 6.45) is -0.841. The number of sulfonamides is 1. The van der Waals surface area contributed by atoms with Crippen molar-refractivity contribution < 1.29 is 17.9 Å². The largest absolute Gasteiger partial charge is 0.479 e. The van der Waals surface area contributed by atoms with Crippen molar-refractivity contribution in [1.29, 1.82) is 0 Å². The molecule has 0 aromatic heterocycles. The monoisotopic (exact) mass is 430 g/mol. The van der Waals surface area contributed by atoms with Crippen LogP contribution in [0.15, 0.2) is 47.4 Å². The molecular weight excluding hydrogens is 411 g/mol. The first-order chi connectivity index (χ1) is 12.6. The number of carbonyl (C=O) groups is 1. The van der Waals surface area contributed by atoms with Crippen LogP contribution >= 0.6 is 23.2 Å². The molecule has 6 nitrogen and oxygen atoms in total. The highest BCUT2D eigenvalue weighted by atomic mass is 35.5. The first-order valence-electron chi connectivity index (χ1n) is 8.13. The van der Waals surface area contributed by atoms with E-state index in [4.69, 9.17) is 27.9 Å². The van der Waals surface area contributed by atoms with E-state index in [1.165, 1.54) is 30.3 Å². The third-order valence-corrected chi connectivity index (χ3v) is 5.61. The summed E-state index contributed by atoms with van der Waals surface area (Å²) in [4.78, 5) is 12.4. The Kier molecular flexibility index (Phi) is 7.11. The van der Waals surface area contributed by atoms with E-state index in [2.05, 4.69) is 10.0 Å². The summed E-state index contributed by atoms with van der Waals surface area (Å²) >= 11 is 11.9. The molecule has 0 saturated heterocycles. The topological polar surface area (TPSA) is 84.5 Å². The molecule has 146 valence electrons. The van der Waals surface area contributed by atoms with E-state index >= 15 is 0 Å². The molecule has 2 N–H and O–H groups in total. The Labute approximate surface area is 168 Å². The SMILES string of the molecule is CC(C)NS(=O)(=O)c1ccc(NC(=O)C(C)Oc2cc(Cl)ccc2Cl)cc1. The Balaban J connectivity index is 2.04. The fourth-order valence-electron chi connectivity index (χ4n) is 2.15. The zero-order chi connectivity index (χ0) is 20.2. The third-order valence-electron chi connectivity index (χ3n) is 3.39. The normalized spacial score (nSPS) is 12.7. The van der Waals surface area contributed by atoms with Gasteiger partial charge in [-0.15, -0.1) is 0 Å². The Hall–Kier alpha value is -1.80. The first kappa shape index (κ1) is 21.5. The molecule has 0 radical (unpaired) electrons. The number of nitrogens with one attached hydrogen (secondary N) is 2. The van der Waals surface area contributed by atoms with Gasteiger partial charge in [0.1, 0.15) is 5.75 Å². The summed E-state index contributed by atoms with van der Waals surface area (Å²) in [5.74, 6) is -0.116. The van der Waals surface area contributed by atoms with Crippen LogP contribution in [0, 0.1) is 0 Å². The number of carbonyl (C=O) groups excluding carboxylic acids is 1. The maximum Gasteiger partial charge on any atom is 0.265 e. The quantitative estimate of drug-likeness (QED) is 0.692. The minimum absolute atomic E-state index is 0.115. The predicted octanol–water partition coefficient (Wildman–Crippen LogP) is 4.09. The molecule has 0 bridgehead atoms. The van der Waals surface area contributed by atoms with Gasteiger partial charge in [0.2, 0.25) is 10.0 Å². The molecule has 0 fully saturated rings. The average molecular weight is 431 g/mol. The minimum atomic E-state index is -3.59. The van der Waals surface area contributed by atoms with Gasteiger partial charge in [-0.3, -0.25) is 4.79 Å². The summed E-state index contributed by atoms with van der Waals surface area (Å²) in [5.41, 5.74) is 0.441. The number of anilines is 1. The molecule has 0 spiro atoms. The summed E-state index contributed by atoms with van der Waals surface area (Å²) in [6, 6.07) is 10.3. The first-order valence-corrected chi connectivity index (χ1v) is 10.4. The Morgan fingerprint density at radius 2 is 1.67 bits per heavy atom. The van der Waals surface area contributed by atoms with E-state index in [9.17, 15) is 13.2 Å². The number of ether oxygens (including phenoxy) is 1. The van der Waals surface area contributed by atoms with E-state index in [1.54, 1.807) is 32.9 Å². The maximum absolute atomic E-state index is 12.3. The maximum atomic E-state index is 12.3. The van der Waals surface area contributed by atoms with Crippen LogP contribution in [0.25, 0.3) is 0 Å². The van der Waals surface area contributed by atoms with Gasteiger partial charge in [-0.05, 0) is 57.2 Å². The van der Waals surface area contributed by atoms with Gasteiger partial charge in [0.05, 0.1) is 9.92 Å². The second kappa shape index (κ2) is 8.93. The van der Waals surface area contributed by atoms with E-state index in [1.807, 2.05) is 0 Å². The van der Waals surface area contributed by atoms with Crippen LogP contribution in [0.1, 0.15) is 20.8 Å². The lowest BCUT2D eigenvalue weighted by Gasteiger charge is -2.16. The van der Waals surface area contributed by atoms with Gasteiger partial charge < -0.3 is 10.1 Å². The van der Waals surface area contributed by atoms with Crippen molar-refractivity contribution in [1.82, 2.24) is 4.72 Å². The lowest BCUT2D eigenvalue weighted by Crippen LogP contribution is -2.31. The molecule has 0 heterocycles. The number of hydrogen-bond donors (Lipinski definition) is 2. The minimum Gasteiger partial charge on any atom is -0.479 e. The van der Waals surface area contributed by atoms with E-state index in [0.717, 1.165) is 0 Å². The smallest absolute Gasteiger partial charge is 0.265 e. The number of amides is 1. The fraction of sp³-hybridized carbons (Fsp3) is 0.278. The van der Waals surface area contributed by atoms with Crippen molar-refractivity contribution >= 4 is 44.8 Å². The molecule has 2 aromatic carbocycles. The van der Waals surface area contributed by atoms with E-state index < -0.39 is 22.0 Å². The lowest BCUT2D eigenvalue weighted by atomic mass is 10.3. The second-order valence-corrected chi connectivity index (χ2v) is 8.68. The third kappa shape index (κ3) is 6.10. The Bertz CT molecular complexity index is 915. The highest BCUT2D eigenvalue weighted by Gasteiger charge is 2.18. The van der Waals surface area contributed by atoms with Crippen molar-refractivity contribution in [2.24, 2.45) is 0 Å². The van der Waals surface area contributed by atoms with E-state index in [0.29, 0.717) is 21.5 Å². The molecule has 2 rings (SSSR count). The predicted molar refractivity (Wildman–Crippen MR) is 107 cm³/mol. The molecule has 0 aliphatic heterocycles. The number of benzene rings is 2. The van der Waals surface area contributed by atoms with Crippen LogP contribution in [0.4, 0.5) is 5.69 Å². The molecular formula is C18H20Cl2N2O4S. The van der Waals surface area contributed by atoms with Crippen LogP contribution in [0.2, 0.25) is 10.0 Å². The molecule has 27 heavy (non-hydrogen) atoms. The van der Waals surface area contributed by atoms with Crippen LogP contribution < -0.4 is 14.8 Å². The highest BCUT2D eigenvalue weighted by Crippen LogP contribution is 2.28. The van der Waals surface area contributed by atoms with Gasteiger partial charge in [0.25, 0.3) is 5.91 Å². The molecule has 0 saturated carbocycles. The van der Waals surface area contributed by atoms with Gasteiger partial charge in [0, 0.05) is 22.8 Å². The van der Waals surface area contributed by atoms with Gasteiger partial charge in [-0.25, -0.2) is 13.1 Å². The number of hydrogen-bond acceptors (Lipinski definition) is 4. The van der Waals surface area contributed by atoms with Gasteiger partial charge >= 0.3 is 0 Å². The zero-order valence-electron chi connectivity index (χ0n) is 15.0. The van der Waals surface area contributed by atoms with Gasteiger partial charge in [0.15, 0.2) is 6.10 Å². The fourth-order valence-corrected chi connectivity index (χ4v) is 3.73. The summed E-state index contributed by atoms with van der Waals surface area (Å²) < 4.78 is 32.3. The van der Waals surface area contributed by atoms with Crippen LogP contribution in [-0.2, 0) is 14.8 Å². The van der Waals surface area contributed by atoms with Gasteiger partial charge in [-0.2, -0.15) is 0 Å². The zero-order valence-corrected chi connectivity index (χ0v) is 17.3. The van der Waals surface area contributed by atoms with Gasteiger partial charge in [-0.1, -0.05) is 23.2 Å². The van der Waals surface area contributed by atoms with Crippen molar-refractivity contribution in [2.45, 2.75) is 37.8 Å². The van der Waals surface area contributed by atoms with Crippen molar-refractivity contribution in [2.75, 3.05) is 5.32 Å². The molecule has 1 unspecified atom stereocenters. The van der Waals surface area contributed by atoms with E-state index in [-0.39, 0.29) is 10.9 Å². The highest BCUT2D eigenvalue weighted by molar-refractivity contribution is 7.89. The summed E-state index contributed by atoms with van der Waals surface area (Å²) in [7, 11) is -3.59. The molecule has 0 aliphatic carbocycles. The van der Waals surface area contributed by atoms with Crippen LogP contribution in [0.3, 0.4) is 0 Å². The second-order valence-electron chi connectivity index (χ2n) is 6.12. The number of rotatable bonds is 7. The molecule has 9 heteroatoms. The molecule has 0 aliphatic rings. The summed E-state index contributed by atoms with van der Waals surface area (Å²) in [6.45, 7) is 5.04. The average Bonchev–Trinajstić information content (AvgIpc) is 2.57. The van der Waals surface area contributed by atoms with Crippen LogP contribution in [0.5, 0.6) is 5.75 Å². The summed E-state index contributed by atoms with van der Waals surface area (Å²) in [5, 5.41) is 3.44. The Morgan fingerprint density at radius 1 is 1.04 bits per heavy atom.